The first-order chi connectivity index (χ1) is 17.0. The molecule has 0 fully saturated rings. The molecular formula is C33H28BN. The summed E-state index contributed by atoms with van der Waals surface area (Å²) < 4.78 is 0. The maximum atomic E-state index is 5.43. The smallest absolute Gasteiger partial charge is 0.261 e. The first kappa shape index (κ1) is 21.6. The second-order valence-corrected chi connectivity index (χ2v) is 9.77. The third-order valence-electron chi connectivity index (χ3n) is 7.55. The Morgan fingerprint density at radius 1 is 0.486 bits per heavy atom. The monoisotopic (exact) mass is 449 g/mol. The number of benzene rings is 5. The van der Waals surface area contributed by atoms with Crippen LogP contribution in [0.15, 0.2) is 97.1 Å². The van der Waals surface area contributed by atoms with Crippen molar-refractivity contribution in [3.05, 3.63) is 119 Å². The van der Waals surface area contributed by atoms with Gasteiger partial charge in [-0.3, -0.25) is 4.98 Å². The summed E-state index contributed by atoms with van der Waals surface area (Å²) >= 11 is 0. The lowest BCUT2D eigenvalue weighted by molar-refractivity contribution is 1.40. The Morgan fingerprint density at radius 2 is 1.03 bits per heavy atom. The van der Waals surface area contributed by atoms with E-state index in [1.807, 2.05) is 0 Å². The SMILES string of the molecule is Cc1cccc(C)c1B(c1c(C)cccc1C)c1nc2ccccc2c2c1ccc1ccccc12. The molecule has 0 bridgehead atoms. The molecule has 0 spiro atoms. The first-order valence-electron chi connectivity index (χ1n) is 12.4. The van der Waals surface area contributed by atoms with Crippen molar-refractivity contribution in [3.8, 4) is 0 Å². The van der Waals surface area contributed by atoms with E-state index in [-0.39, 0.29) is 6.71 Å². The third kappa shape index (κ3) is 3.44. The number of para-hydroxylation sites is 1. The zero-order valence-electron chi connectivity index (χ0n) is 20.8. The van der Waals surface area contributed by atoms with E-state index in [0.717, 1.165) is 11.1 Å². The van der Waals surface area contributed by atoms with Crippen molar-refractivity contribution in [1.82, 2.24) is 4.98 Å². The van der Waals surface area contributed by atoms with Crippen LogP contribution in [0.5, 0.6) is 0 Å². The van der Waals surface area contributed by atoms with E-state index in [2.05, 4.69) is 125 Å². The van der Waals surface area contributed by atoms with Crippen molar-refractivity contribution in [2.75, 3.05) is 0 Å². The largest absolute Gasteiger partial charge is 0.267 e. The number of hydrogen-bond donors (Lipinski definition) is 0. The Balaban J connectivity index is 1.84. The molecule has 0 atom stereocenters. The van der Waals surface area contributed by atoms with Gasteiger partial charge >= 0.3 is 0 Å². The molecule has 0 saturated heterocycles. The lowest BCUT2D eigenvalue weighted by atomic mass is 9.35. The van der Waals surface area contributed by atoms with Crippen LogP contribution in [0, 0.1) is 27.7 Å². The molecule has 0 aliphatic heterocycles. The summed E-state index contributed by atoms with van der Waals surface area (Å²) in [6.45, 7) is 9.00. The van der Waals surface area contributed by atoms with Gasteiger partial charge in [-0.1, -0.05) is 124 Å². The lowest BCUT2D eigenvalue weighted by Crippen LogP contribution is -2.57. The zero-order valence-corrected chi connectivity index (χ0v) is 20.8. The summed E-state index contributed by atoms with van der Waals surface area (Å²) in [6.07, 6.45) is 0. The maximum Gasteiger partial charge on any atom is 0.267 e. The van der Waals surface area contributed by atoms with Crippen molar-refractivity contribution in [3.63, 3.8) is 0 Å². The van der Waals surface area contributed by atoms with Crippen molar-refractivity contribution in [2.24, 2.45) is 0 Å². The van der Waals surface area contributed by atoms with Gasteiger partial charge in [0.25, 0.3) is 6.71 Å². The van der Waals surface area contributed by atoms with E-state index in [1.165, 1.54) is 60.1 Å². The minimum Gasteiger partial charge on any atom is -0.261 e. The molecule has 0 amide bonds. The second kappa shape index (κ2) is 8.39. The normalized spacial score (nSPS) is 11.4. The average molecular weight is 449 g/mol. The number of aromatic nitrogens is 1. The van der Waals surface area contributed by atoms with Crippen LogP contribution in [-0.4, -0.2) is 11.7 Å². The van der Waals surface area contributed by atoms with Crippen LogP contribution in [-0.2, 0) is 0 Å². The molecule has 5 aromatic carbocycles. The quantitative estimate of drug-likeness (QED) is 0.229. The molecule has 168 valence electrons. The number of aryl methyl sites for hydroxylation is 4. The molecule has 0 aliphatic carbocycles. The number of pyridine rings is 1. The van der Waals surface area contributed by atoms with Crippen molar-refractivity contribution >= 4 is 55.7 Å². The third-order valence-corrected chi connectivity index (χ3v) is 7.55. The number of hydrogen-bond acceptors (Lipinski definition) is 1. The molecule has 35 heavy (non-hydrogen) atoms. The Bertz CT molecular complexity index is 1640. The molecular weight excluding hydrogens is 421 g/mol. The number of rotatable bonds is 3. The maximum absolute atomic E-state index is 5.43. The van der Waals surface area contributed by atoms with Crippen molar-refractivity contribution in [2.45, 2.75) is 27.7 Å². The summed E-state index contributed by atoms with van der Waals surface area (Å²) in [5, 5.41) is 6.29. The highest BCUT2D eigenvalue weighted by molar-refractivity contribution is 6.97. The topological polar surface area (TPSA) is 12.9 Å². The second-order valence-electron chi connectivity index (χ2n) is 9.77. The van der Waals surface area contributed by atoms with E-state index >= 15 is 0 Å². The molecule has 6 aromatic rings. The summed E-state index contributed by atoms with van der Waals surface area (Å²) in [6, 6.07) is 35.1. The summed E-state index contributed by atoms with van der Waals surface area (Å²) in [5.74, 6) is 0. The van der Waals surface area contributed by atoms with Gasteiger partial charge in [0.1, 0.15) is 0 Å². The van der Waals surface area contributed by atoms with Gasteiger partial charge in [-0.15, -0.1) is 0 Å². The first-order valence-corrected chi connectivity index (χ1v) is 12.4. The molecule has 2 heteroatoms. The molecule has 0 saturated carbocycles. The van der Waals surface area contributed by atoms with Crippen LogP contribution >= 0.6 is 0 Å². The van der Waals surface area contributed by atoms with E-state index in [9.17, 15) is 0 Å². The molecule has 0 aliphatic rings. The van der Waals surface area contributed by atoms with Gasteiger partial charge < -0.3 is 0 Å². The standard InChI is InChI=1S/C33H28BN/c1-21-11-9-12-22(2)31(21)34(32-23(3)13-10-14-24(32)4)33-28-20-19-25-15-5-6-16-26(25)30(28)27-17-7-8-18-29(27)35-33/h5-20H,1-4H3. The summed E-state index contributed by atoms with van der Waals surface area (Å²) in [4.78, 5) is 5.43. The molecule has 0 N–H and O–H groups in total. The van der Waals surface area contributed by atoms with E-state index < -0.39 is 0 Å². The van der Waals surface area contributed by atoms with Crippen LogP contribution in [0.25, 0.3) is 32.4 Å². The number of nitrogens with zero attached hydrogens (tertiary/aromatic N) is 1. The van der Waals surface area contributed by atoms with Gasteiger partial charge in [-0.2, -0.15) is 0 Å². The highest BCUT2D eigenvalue weighted by Gasteiger charge is 2.31. The van der Waals surface area contributed by atoms with Crippen LogP contribution in [0.4, 0.5) is 0 Å². The fourth-order valence-corrected chi connectivity index (χ4v) is 5.95. The van der Waals surface area contributed by atoms with E-state index in [4.69, 9.17) is 4.98 Å². The molecule has 1 aromatic heterocycles. The van der Waals surface area contributed by atoms with Gasteiger partial charge in [-0.05, 0) is 55.3 Å². The Labute approximate surface area is 207 Å². The van der Waals surface area contributed by atoms with Gasteiger partial charge in [0, 0.05) is 11.0 Å². The van der Waals surface area contributed by atoms with Gasteiger partial charge in [0.2, 0.25) is 0 Å². The Morgan fingerprint density at radius 3 is 1.66 bits per heavy atom. The molecule has 6 rings (SSSR count). The van der Waals surface area contributed by atoms with E-state index in [1.54, 1.807) is 0 Å². The van der Waals surface area contributed by atoms with Gasteiger partial charge in [-0.25, -0.2) is 0 Å². The number of fused-ring (bicyclic) bond motifs is 5. The fraction of sp³-hybridized carbons (Fsp3) is 0.121. The molecule has 0 unspecified atom stereocenters. The van der Waals surface area contributed by atoms with Crippen LogP contribution < -0.4 is 16.5 Å². The van der Waals surface area contributed by atoms with Crippen LogP contribution in [0.3, 0.4) is 0 Å². The molecule has 1 heterocycles. The Hall–Kier alpha value is -3.91. The predicted octanol–water partition coefficient (Wildman–Crippen LogP) is 6.29. The highest BCUT2D eigenvalue weighted by atomic mass is 14.7. The van der Waals surface area contributed by atoms with Gasteiger partial charge in [0.15, 0.2) is 0 Å². The predicted molar refractivity (Wildman–Crippen MR) is 153 cm³/mol. The molecule has 1 nitrogen and oxygen atoms in total. The fourth-order valence-electron chi connectivity index (χ4n) is 5.95. The van der Waals surface area contributed by atoms with E-state index in [0.29, 0.717) is 0 Å². The Kier molecular flexibility index (Phi) is 5.18. The van der Waals surface area contributed by atoms with Crippen LogP contribution in [0.2, 0.25) is 0 Å². The average Bonchev–Trinajstić information content (AvgIpc) is 2.86. The summed E-state index contributed by atoms with van der Waals surface area (Å²) in [5.41, 5.74) is 10.1. The minimum absolute atomic E-state index is 0.0469. The lowest BCUT2D eigenvalue weighted by Gasteiger charge is -2.24. The summed E-state index contributed by atoms with van der Waals surface area (Å²) in [7, 11) is 0. The van der Waals surface area contributed by atoms with Gasteiger partial charge in [0.05, 0.1) is 5.52 Å². The highest BCUT2D eigenvalue weighted by Crippen LogP contribution is 2.30. The molecule has 0 radical (unpaired) electrons. The zero-order chi connectivity index (χ0) is 24.1. The van der Waals surface area contributed by atoms with Crippen LogP contribution in [0.1, 0.15) is 22.3 Å². The van der Waals surface area contributed by atoms with Crippen molar-refractivity contribution < 1.29 is 0 Å². The van der Waals surface area contributed by atoms with Crippen molar-refractivity contribution in [1.29, 1.82) is 0 Å². The minimum atomic E-state index is 0.0469.